The molecule has 0 spiro atoms. The predicted molar refractivity (Wildman–Crippen MR) is 136 cm³/mol. The molecule has 184 valence electrons. The molecular formula is C27H37N3O4. The van der Waals surface area contributed by atoms with Crippen molar-refractivity contribution in [3.8, 4) is 11.1 Å². The van der Waals surface area contributed by atoms with Crippen LogP contribution in [0.3, 0.4) is 0 Å². The fourth-order valence-corrected chi connectivity index (χ4v) is 3.89. The molecule has 0 amide bonds. The summed E-state index contributed by atoms with van der Waals surface area (Å²) in [5, 5.41) is 12.1. The molecule has 1 heterocycles. The van der Waals surface area contributed by atoms with E-state index in [0.717, 1.165) is 37.5 Å². The van der Waals surface area contributed by atoms with E-state index >= 15 is 0 Å². The monoisotopic (exact) mass is 467 g/mol. The van der Waals surface area contributed by atoms with Crippen molar-refractivity contribution in [2.75, 3.05) is 11.9 Å². The first-order valence-corrected chi connectivity index (χ1v) is 12.2. The van der Waals surface area contributed by atoms with Gasteiger partial charge in [0.15, 0.2) is 5.69 Å². The molecule has 1 aromatic carbocycles. The Morgan fingerprint density at radius 2 is 1.82 bits per heavy atom. The van der Waals surface area contributed by atoms with E-state index in [4.69, 9.17) is 14.9 Å². The Morgan fingerprint density at radius 1 is 1.18 bits per heavy atom. The van der Waals surface area contributed by atoms with E-state index in [-0.39, 0.29) is 30.3 Å². The number of rotatable bonds is 8. The van der Waals surface area contributed by atoms with E-state index in [1.807, 2.05) is 27.7 Å². The SMILES string of the molecule is CC.CCOC(=O)c1cc(-c2ccc(C=O)cc2)c(C(=N)OC(C)C)c(NC2CCCCC2)n1. The molecule has 2 N–H and O–H groups in total. The van der Waals surface area contributed by atoms with Gasteiger partial charge >= 0.3 is 5.97 Å². The summed E-state index contributed by atoms with van der Waals surface area (Å²) in [6.45, 7) is 9.71. The normalized spacial score (nSPS) is 13.5. The Bertz CT molecular complexity index is 965. The number of carbonyl (C=O) groups excluding carboxylic acids is 2. The van der Waals surface area contributed by atoms with Crippen molar-refractivity contribution in [3.63, 3.8) is 0 Å². The number of hydrogen-bond donors (Lipinski definition) is 2. The van der Waals surface area contributed by atoms with Crippen molar-refractivity contribution in [2.45, 2.75) is 78.9 Å². The second-order valence-electron chi connectivity index (χ2n) is 8.21. The van der Waals surface area contributed by atoms with Gasteiger partial charge in [0.1, 0.15) is 12.1 Å². The second-order valence-corrected chi connectivity index (χ2v) is 8.21. The number of carbonyl (C=O) groups is 2. The van der Waals surface area contributed by atoms with Crippen LogP contribution in [0.2, 0.25) is 0 Å². The van der Waals surface area contributed by atoms with Crippen molar-refractivity contribution in [2.24, 2.45) is 0 Å². The van der Waals surface area contributed by atoms with Crippen LogP contribution >= 0.6 is 0 Å². The summed E-state index contributed by atoms with van der Waals surface area (Å²) in [5.41, 5.74) is 2.59. The zero-order valence-electron chi connectivity index (χ0n) is 20.9. The van der Waals surface area contributed by atoms with Crippen molar-refractivity contribution in [1.29, 1.82) is 5.41 Å². The maximum absolute atomic E-state index is 12.6. The van der Waals surface area contributed by atoms with Gasteiger partial charge in [0, 0.05) is 17.2 Å². The average molecular weight is 468 g/mol. The molecule has 2 aromatic rings. The molecule has 34 heavy (non-hydrogen) atoms. The van der Waals surface area contributed by atoms with Crippen molar-refractivity contribution in [1.82, 2.24) is 4.98 Å². The van der Waals surface area contributed by atoms with E-state index in [1.165, 1.54) is 6.42 Å². The Kier molecular flexibility index (Phi) is 10.7. The van der Waals surface area contributed by atoms with E-state index in [9.17, 15) is 9.59 Å². The summed E-state index contributed by atoms with van der Waals surface area (Å²) in [5.74, 6) is -0.0916. The number of nitrogens with one attached hydrogen (secondary N) is 2. The predicted octanol–water partition coefficient (Wildman–Crippen LogP) is 6.26. The summed E-state index contributed by atoms with van der Waals surface area (Å²) in [6.07, 6.45) is 6.07. The van der Waals surface area contributed by atoms with Crippen LogP contribution in [-0.2, 0) is 9.47 Å². The first-order chi connectivity index (χ1) is 16.4. The zero-order chi connectivity index (χ0) is 25.1. The highest BCUT2D eigenvalue weighted by Gasteiger charge is 2.25. The number of pyridine rings is 1. The van der Waals surface area contributed by atoms with Crippen LogP contribution in [0.1, 0.15) is 93.1 Å². The molecule has 7 heteroatoms. The van der Waals surface area contributed by atoms with E-state index in [0.29, 0.717) is 22.5 Å². The van der Waals surface area contributed by atoms with E-state index in [2.05, 4.69) is 10.3 Å². The number of anilines is 1. The van der Waals surface area contributed by atoms with Gasteiger partial charge in [-0.25, -0.2) is 9.78 Å². The minimum absolute atomic E-state index is 0.0179. The summed E-state index contributed by atoms with van der Waals surface area (Å²) in [7, 11) is 0. The third-order valence-corrected chi connectivity index (χ3v) is 5.39. The molecule has 0 radical (unpaired) electrons. The van der Waals surface area contributed by atoms with Gasteiger partial charge in [-0.1, -0.05) is 57.4 Å². The van der Waals surface area contributed by atoms with Gasteiger partial charge in [-0.15, -0.1) is 0 Å². The first-order valence-electron chi connectivity index (χ1n) is 12.2. The Labute approximate surface area is 202 Å². The van der Waals surface area contributed by atoms with Crippen LogP contribution in [-0.4, -0.2) is 41.9 Å². The maximum Gasteiger partial charge on any atom is 0.357 e. The molecule has 0 atom stereocenters. The largest absolute Gasteiger partial charge is 0.475 e. The van der Waals surface area contributed by atoms with Gasteiger partial charge in [-0.05, 0) is 45.2 Å². The lowest BCUT2D eigenvalue weighted by Crippen LogP contribution is -2.26. The molecule has 1 fully saturated rings. The molecule has 0 saturated heterocycles. The summed E-state index contributed by atoms with van der Waals surface area (Å²) in [4.78, 5) is 28.3. The average Bonchev–Trinajstić information content (AvgIpc) is 2.85. The van der Waals surface area contributed by atoms with Crippen LogP contribution in [0.25, 0.3) is 11.1 Å². The van der Waals surface area contributed by atoms with E-state index in [1.54, 1.807) is 37.3 Å². The van der Waals surface area contributed by atoms with Gasteiger partial charge in [0.2, 0.25) is 5.90 Å². The number of ether oxygens (including phenoxy) is 2. The number of esters is 1. The van der Waals surface area contributed by atoms with Gasteiger partial charge < -0.3 is 14.8 Å². The van der Waals surface area contributed by atoms with Crippen LogP contribution in [0.15, 0.2) is 30.3 Å². The fourth-order valence-electron chi connectivity index (χ4n) is 3.89. The molecule has 7 nitrogen and oxygen atoms in total. The lowest BCUT2D eigenvalue weighted by molar-refractivity contribution is 0.0519. The highest BCUT2D eigenvalue weighted by atomic mass is 16.5. The Balaban J connectivity index is 0.00000199. The molecule has 0 bridgehead atoms. The molecule has 0 unspecified atom stereocenters. The molecule has 1 aromatic heterocycles. The number of aldehydes is 1. The highest BCUT2D eigenvalue weighted by Crippen LogP contribution is 2.32. The van der Waals surface area contributed by atoms with Gasteiger partial charge in [0.25, 0.3) is 0 Å². The zero-order valence-corrected chi connectivity index (χ0v) is 20.9. The quantitative estimate of drug-likeness (QED) is 0.206. The third-order valence-electron chi connectivity index (χ3n) is 5.39. The molecule has 1 aliphatic rings. The minimum atomic E-state index is -0.521. The van der Waals surface area contributed by atoms with Crippen LogP contribution in [0.4, 0.5) is 5.82 Å². The molecule has 1 aliphatic carbocycles. The minimum Gasteiger partial charge on any atom is -0.475 e. The van der Waals surface area contributed by atoms with Crippen LogP contribution < -0.4 is 5.32 Å². The molecule has 0 aliphatic heterocycles. The summed E-state index contributed by atoms with van der Waals surface area (Å²) < 4.78 is 11.0. The number of nitrogens with zero attached hydrogens (tertiary/aromatic N) is 1. The van der Waals surface area contributed by atoms with Crippen molar-refractivity contribution in [3.05, 3.63) is 47.2 Å². The standard InChI is InChI=1S/C25H31N3O4.C2H6/c1-4-31-25(30)21-14-20(18-12-10-17(15-29)11-13-18)22(23(26)32-16(2)3)24(28-21)27-19-8-6-5-7-9-19;1-2/h10-16,19,26H,4-9H2,1-3H3,(H,27,28);1-2H3. The van der Waals surface area contributed by atoms with E-state index < -0.39 is 5.97 Å². The summed E-state index contributed by atoms with van der Waals surface area (Å²) in [6, 6.07) is 8.85. The number of aromatic nitrogens is 1. The lowest BCUT2D eigenvalue weighted by atomic mass is 9.94. The molecule has 3 rings (SSSR count). The van der Waals surface area contributed by atoms with Gasteiger partial charge in [-0.3, -0.25) is 10.2 Å². The van der Waals surface area contributed by atoms with Gasteiger partial charge in [-0.2, -0.15) is 0 Å². The maximum atomic E-state index is 12.6. The van der Waals surface area contributed by atoms with Crippen LogP contribution in [0, 0.1) is 5.41 Å². The smallest absolute Gasteiger partial charge is 0.357 e. The Hall–Kier alpha value is -3.22. The van der Waals surface area contributed by atoms with Crippen molar-refractivity contribution < 1.29 is 19.1 Å². The summed E-state index contributed by atoms with van der Waals surface area (Å²) >= 11 is 0. The van der Waals surface area contributed by atoms with Crippen molar-refractivity contribution >= 4 is 24.0 Å². The molecular weight excluding hydrogens is 430 g/mol. The first kappa shape index (κ1) is 27.0. The Morgan fingerprint density at radius 3 is 2.38 bits per heavy atom. The fraction of sp³-hybridized carbons (Fsp3) is 0.481. The third kappa shape index (κ3) is 7.14. The highest BCUT2D eigenvalue weighted by molar-refractivity contribution is 6.05. The van der Waals surface area contributed by atoms with Crippen LogP contribution in [0.5, 0.6) is 0 Å². The topological polar surface area (TPSA) is 101 Å². The second kappa shape index (κ2) is 13.5. The lowest BCUT2D eigenvalue weighted by Gasteiger charge is -2.26. The number of benzene rings is 1. The van der Waals surface area contributed by atoms with Gasteiger partial charge in [0.05, 0.1) is 18.3 Å². The molecule has 1 saturated carbocycles. The number of hydrogen-bond acceptors (Lipinski definition) is 7.